The van der Waals surface area contributed by atoms with Crippen LogP contribution in [0.1, 0.15) is 44.5 Å². The van der Waals surface area contributed by atoms with Crippen molar-refractivity contribution >= 4 is 55.9 Å². The van der Waals surface area contributed by atoms with E-state index in [9.17, 15) is 0 Å². The molecule has 2 heterocycles. The Morgan fingerprint density at radius 1 is 0.273 bits per heavy atom. The molecule has 0 N–H and O–H groups in total. The number of rotatable bonds is 6. The summed E-state index contributed by atoms with van der Waals surface area (Å²) >= 11 is 0. The van der Waals surface area contributed by atoms with Crippen LogP contribution in [0.5, 0.6) is 0 Å². The second kappa shape index (κ2) is 15.8. The van der Waals surface area contributed by atoms with Crippen LogP contribution in [0.2, 0.25) is 0 Å². The van der Waals surface area contributed by atoms with E-state index in [1.807, 2.05) is 0 Å². The zero-order valence-electron chi connectivity index (χ0n) is 42.0. The highest BCUT2D eigenvalue weighted by Crippen LogP contribution is 2.67. The fourth-order valence-electron chi connectivity index (χ4n) is 14.7. The number of nitrogens with zero attached hydrogens (tertiary/aromatic N) is 3. The molecular formula is C74H47N3. The van der Waals surface area contributed by atoms with Crippen molar-refractivity contribution in [2.75, 3.05) is 9.80 Å². The molecule has 1 spiro atoms. The molecule has 0 radical (unpaired) electrons. The van der Waals surface area contributed by atoms with Gasteiger partial charge in [0.1, 0.15) is 0 Å². The fourth-order valence-corrected chi connectivity index (χ4v) is 14.7. The third-order valence-corrected chi connectivity index (χ3v) is 17.6. The molecule has 0 saturated heterocycles. The van der Waals surface area contributed by atoms with E-state index in [0.29, 0.717) is 0 Å². The lowest BCUT2D eigenvalue weighted by atomic mass is 9.65. The first-order valence-corrected chi connectivity index (χ1v) is 26.8. The van der Waals surface area contributed by atoms with E-state index in [-0.39, 0.29) is 0 Å². The third kappa shape index (κ3) is 5.49. The minimum atomic E-state index is -0.628. The zero-order chi connectivity index (χ0) is 50.4. The highest BCUT2D eigenvalue weighted by molar-refractivity contribution is 6.11. The minimum absolute atomic E-state index is 0.506. The molecule has 13 aromatic rings. The van der Waals surface area contributed by atoms with Gasteiger partial charge in [0.05, 0.1) is 33.2 Å². The topological polar surface area (TPSA) is 11.4 Å². The average Bonchev–Trinajstić information content (AvgIpc) is 4.06. The summed E-state index contributed by atoms with van der Waals surface area (Å²) in [6.07, 6.45) is 0. The highest BCUT2D eigenvalue weighted by Gasteiger charge is 2.54. The van der Waals surface area contributed by atoms with Crippen LogP contribution in [0.4, 0.5) is 34.1 Å². The first-order chi connectivity index (χ1) is 38.2. The quantitative estimate of drug-likeness (QED) is 0.164. The summed E-state index contributed by atoms with van der Waals surface area (Å²) in [5.74, 6) is 0. The molecule has 12 aromatic carbocycles. The number of fused-ring (bicyclic) bond motifs is 18. The number of anilines is 6. The predicted octanol–water partition coefficient (Wildman–Crippen LogP) is 18.7. The Labute approximate surface area is 447 Å². The molecule has 1 aromatic heterocycles. The first kappa shape index (κ1) is 42.4. The minimum Gasteiger partial charge on any atom is -0.310 e. The Morgan fingerprint density at radius 2 is 0.727 bits per heavy atom. The van der Waals surface area contributed by atoms with Crippen molar-refractivity contribution in [1.29, 1.82) is 0 Å². The summed E-state index contributed by atoms with van der Waals surface area (Å²) < 4.78 is 2.44. The van der Waals surface area contributed by atoms with Crippen LogP contribution in [0.15, 0.2) is 285 Å². The van der Waals surface area contributed by atoms with Gasteiger partial charge in [0.25, 0.3) is 0 Å². The van der Waals surface area contributed by atoms with E-state index >= 15 is 0 Å². The second-order valence-corrected chi connectivity index (χ2v) is 21.1. The standard InChI is InChI=1S/C74H47N3/c1-4-21-48(22-5-1)73-65-35-17-19-37-69(65)77(50-25-8-3-9-26-50)70-38-20-31-61(72(70)73)58-43-40-51(45-66(58)73)75(53-41-44-60-59-30-13-18-36-68(59)76(71(60)47-53)49-23-6-2-7-24-49)52-39-42-57-56-29-12-16-34-64(56)74(67(57)46-52)62-32-14-10-27-54(62)55-28-11-15-33-63(55)74/h1-47H. The fraction of sp³-hybridized carbons (Fsp3) is 0.0270. The van der Waals surface area contributed by atoms with Crippen LogP contribution in [0.3, 0.4) is 0 Å². The van der Waals surface area contributed by atoms with E-state index in [1.54, 1.807) is 0 Å². The van der Waals surface area contributed by atoms with E-state index in [1.165, 1.54) is 106 Å². The Hall–Kier alpha value is -9.96. The molecule has 77 heavy (non-hydrogen) atoms. The summed E-state index contributed by atoms with van der Waals surface area (Å²) in [7, 11) is 0. The second-order valence-electron chi connectivity index (χ2n) is 21.1. The van der Waals surface area contributed by atoms with Gasteiger partial charge in [-0.15, -0.1) is 0 Å². The molecule has 0 fully saturated rings. The number of aromatic nitrogens is 1. The number of para-hydroxylation sites is 4. The molecule has 0 bridgehead atoms. The molecule has 3 nitrogen and oxygen atoms in total. The van der Waals surface area contributed by atoms with E-state index in [0.717, 1.165) is 34.0 Å². The Morgan fingerprint density at radius 3 is 1.39 bits per heavy atom. The van der Waals surface area contributed by atoms with Gasteiger partial charge in [-0.25, -0.2) is 0 Å². The van der Waals surface area contributed by atoms with Crippen molar-refractivity contribution in [3.05, 3.63) is 330 Å². The molecule has 1 aliphatic heterocycles. The van der Waals surface area contributed by atoms with E-state index in [4.69, 9.17) is 0 Å². The van der Waals surface area contributed by atoms with Crippen LogP contribution in [-0.2, 0) is 10.8 Å². The first-order valence-electron chi connectivity index (χ1n) is 26.8. The Bertz CT molecular complexity index is 4530. The van der Waals surface area contributed by atoms with Crippen LogP contribution >= 0.6 is 0 Å². The zero-order valence-corrected chi connectivity index (χ0v) is 42.0. The maximum Gasteiger partial charge on any atom is 0.0755 e. The summed E-state index contributed by atoms with van der Waals surface area (Å²) in [4.78, 5) is 5.03. The van der Waals surface area contributed by atoms with Crippen molar-refractivity contribution < 1.29 is 0 Å². The van der Waals surface area contributed by atoms with Crippen molar-refractivity contribution in [2.24, 2.45) is 0 Å². The molecule has 0 saturated carbocycles. The van der Waals surface area contributed by atoms with Gasteiger partial charge < -0.3 is 14.4 Å². The molecule has 0 amide bonds. The molecular weight excluding hydrogens is 931 g/mol. The van der Waals surface area contributed by atoms with Gasteiger partial charge in [-0.3, -0.25) is 0 Å². The molecule has 358 valence electrons. The van der Waals surface area contributed by atoms with Crippen molar-refractivity contribution in [2.45, 2.75) is 10.8 Å². The molecule has 17 rings (SSSR count). The number of benzene rings is 12. The Kier molecular flexibility index (Phi) is 8.69. The number of hydrogen-bond acceptors (Lipinski definition) is 2. The van der Waals surface area contributed by atoms with Crippen molar-refractivity contribution in [3.63, 3.8) is 0 Å². The SMILES string of the molecule is c1ccc(N2c3ccccc3C3(c4ccccc4)c4cc(N(c5ccc6c(c5)C5(c7ccccc7-c7ccccc75)c5ccccc5-6)c5ccc6c7ccccc7n(-c7ccccc7)c6c5)ccc4-c4cccc2c43)cc1. The van der Waals surface area contributed by atoms with E-state index < -0.39 is 10.8 Å². The smallest absolute Gasteiger partial charge is 0.0755 e. The van der Waals surface area contributed by atoms with Crippen LogP contribution < -0.4 is 9.80 Å². The molecule has 3 heteroatoms. The lowest BCUT2D eigenvalue weighted by molar-refractivity contribution is 0.753. The van der Waals surface area contributed by atoms with Crippen LogP contribution in [-0.4, -0.2) is 4.57 Å². The lowest BCUT2D eigenvalue weighted by Gasteiger charge is -2.44. The lowest BCUT2D eigenvalue weighted by Crippen LogP contribution is -2.36. The maximum atomic E-state index is 2.55. The van der Waals surface area contributed by atoms with Crippen LogP contribution in [0, 0.1) is 0 Å². The van der Waals surface area contributed by atoms with Crippen molar-refractivity contribution in [1.82, 2.24) is 4.57 Å². The number of hydrogen-bond donors (Lipinski definition) is 0. The molecule has 1 atom stereocenters. The maximum absolute atomic E-state index is 2.55. The summed E-state index contributed by atoms with van der Waals surface area (Å²) in [6, 6.07) is 107. The Balaban J connectivity index is 0.963. The van der Waals surface area contributed by atoms with Gasteiger partial charge >= 0.3 is 0 Å². The molecule has 3 aliphatic carbocycles. The van der Waals surface area contributed by atoms with Crippen molar-refractivity contribution in [3.8, 4) is 39.1 Å². The average molecular weight is 978 g/mol. The summed E-state index contributed by atoms with van der Waals surface area (Å²) in [5.41, 5.74) is 27.2. The normalized spacial score (nSPS) is 15.4. The highest BCUT2D eigenvalue weighted by atomic mass is 15.2. The summed E-state index contributed by atoms with van der Waals surface area (Å²) in [5, 5.41) is 2.45. The van der Waals surface area contributed by atoms with Crippen LogP contribution in [0.25, 0.3) is 60.9 Å². The predicted molar refractivity (Wildman–Crippen MR) is 317 cm³/mol. The van der Waals surface area contributed by atoms with E-state index in [2.05, 4.69) is 299 Å². The van der Waals surface area contributed by atoms with Gasteiger partial charge in [-0.2, -0.15) is 0 Å². The molecule has 1 unspecified atom stereocenters. The largest absolute Gasteiger partial charge is 0.310 e. The van der Waals surface area contributed by atoms with Gasteiger partial charge in [0.15, 0.2) is 0 Å². The van der Waals surface area contributed by atoms with Gasteiger partial charge in [0, 0.05) is 44.8 Å². The third-order valence-electron chi connectivity index (χ3n) is 17.6. The summed E-state index contributed by atoms with van der Waals surface area (Å²) in [6.45, 7) is 0. The van der Waals surface area contributed by atoms with Gasteiger partial charge in [0.2, 0.25) is 0 Å². The van der Waals surface area contributed by atoms with Gasteiger partial charge in [-0.05, 0) is 151 Å². The van der Waals surface area contributed by atoms with Gasteiger partial charge in [-0.1, -0.05) is 206 Å². The monoisotopic (exact) mass is 977 g/mol. The molecule has 4 aliphatic rings.